The van der Waals surface area contributed by atoms with Crippen LogP contribution in [0.1, 0.15) is 5.56 Å². The van der Waals surface area contributed by atoms with Crippen molar-refractivity contribution >= 4 is 21.7 Å². The highest BCUT2D eigenvalue weighted by atomic mass is 32.2. The van der Waals surface area contributed by atoms with Crippen LogP contribution >= 0.6 is 0 Å². The highest BCUT2D eigenvalue weighted by molar-refractivity contribution is 7.84. The Kier molecular flexibility index (Phi) is 3.74. The van der Waals surface area contributed by atoms with Crippen LogP contribution in [-0.2, 0) is 17.3 Å². The van der Waals surface area contributed by atoms with Crippen LogP contribution < -0.4 is 5.32 Å². The summed E-state index contributed by atoms with van der Waals surface area (Å²) in [6.07, 6.45) is 3.68. The molecule has 16 heavy (non-hydrogen) atoms. The topological polar surface area (TPSA) is 44.9 Å². The molecule has 1 aromatic heterocycles. The van der Waals surface area contributed by atoms with Crippen molar-refractivity contribution in [3.63, 3.8) is 0 Å². The van der Waals surface area contributed by atoms with Crippen LogP contribution in [0.2, 0.25) is 0 Å². The maximum Gasteiger partial charge on any atom is 0.0457 e. The molecular weight excluding hydrogens is 220 g/mol. The van der Waals surface area contributed by atoms with Crippen LogP contribution in [0.5, 0.6) is 0 Å². The molecule has 0 saturated heterocycles. The van der Waals surface area contributed by atoms with Gasteiger partial charge in [0.1, 0.15) is 0 Å². The van der Waals surface area contributed by atoms with Gasteiger partial charge in [0.2, 0.25) is 0 Å². The van der Waals surface area contributed by atoms with Crippen LogP contribution in [0.15, 0.2) is 30.5 Å². The van der Waals surface area contributed by atoms with Gasteiger partial charge >= 0.3 is 0 Å². The SMILES string of the molecule is CS(=O)CCNCc1cccc2[nH]ccc12. The summed E-state index contributed by atoms with van der Waals surface area (Å²) < 4.78 is 10.9. The average Bonchev–Trinajstić information content (AvgIpc) is 2.72. The third kappa shape index (κ3) is 2.71. The van der Waals surface area contributed by atoms with Crippen molar-refractivity contribution < 1.29 is 4.21 Å². The van der Waals surface area contributed by atoms with E-state index in [2.05, 4.69) is 28.5 Å². The molecule has 2 aromatic rings. The van der Waals surface area contributed by atoms with Crippen LogP contribution in [0.25, 0.3) is 10.9 Å². The van der Waals surface area contributed by atoms with Gasteiger partial charge in [0.15, 0.2) is 0 Å². The normalized spacial score (nSPS) is 13.1. The van der Waals surface area contributed by atoms with E-state index in [1.54, 1.807) is 6.26 Å². The van der Waals surface area contributed by atoms with Crippen molar-refractivity contribution in [2.24, 2.45) is 0 Å². The van der Waals surface area contributed by atoms with Gasteiger partial charge in [-0.3, -0.25) is 4.21 Å². The molecular formula is C12H16N2OS. The van der Waals surface area contributed by atoms with E-state index < -0.39 is 10.8 Å². The Balaban J connectivity index is 1.98. The van der Waals surface area contributed by atoms with Crippen molar-refractivity contribution in [3.8, 4) is 0 Å². The van der Waals surface area contributed by atoms with Gasteiger partial charge in [0.05, 0.1) is 0 Å². The first kappa shape index (κ1) is 11.4. The summed E-state index contributed by atoms with van der Waals surface area (Å²) in [5.41, 5.74) is 2.44. The summed E-state index contributed by atoms with van der Waals surface area (Å²) in [6.45, 7) is 1.62. The molecule has 86 valence electrons. The van der Waals surface area contributed by atoms with Crippen molar-refractivity contribution in [2.45, 2.75) is 6.54 Å². The fraction of sp³-hybridized carbons (Fsp3) is 0.333. The maximum atomic E-state index is 10.9. The number of nitrogens with one attached hydrogen (secondary N) is 2. The molecule has 3 nitrogen and oxygen atoms in total. The number of hydrogen-bond donors (Lipinski definition) is 2. The Labute approximate surface area is 97.7 Å². The second-order valence-corrected chi connectivity index (χ2v) is 5.36. The van der Waals surface area contributed by atoms with E-state index in [0.29, 0.717) is 5.75 Å². The molecule has 0 saturated carbocycles. The van der Waals surface area contributed by atoms with Crippen LogP contribution in [0.3, 0.4) is 0 Å². The van der Waals surface area contributed by atoms with Gasteiger partial charge in [-0.15, -0.1) is 0 Å². The summed E-state index contributed by atoms with van der Waals surface area (Å²) in [6, 6.07) is 8.32. The minimum atomic E-state index is -0.711. The first-order chi connectivity index (χ1) is 7.77. The Morgan fingerprint density at radius 1 is 1.38 bits per heavy atom. The standard InChI is InChI=1S/C12H16N2OS/c1-16(15)8-7-13-9-10-3-2-4-12-11(10)5-6-14-12/h2-6,13-14H,7-9H2,1H3. The van der Waals surface area contributed by atoms with Crippen molar-refractivity contribution in [1.29, 1.82) is 0 Å². The van der Waals surface area contributed by atoms with Crippen LogP contribution in [0.4, 0.5) is 0 Å². The Hall–Kier alpha value is -1.13. The number of rotatable bonds is 5. The first-order valence-electron chi connectivity index (χ1n) is 5.33. The van der Waals surface area contributed by atoms with E-state index in [1.807, 2.05) is 12.3 Å². The summed E-state index contributed by atoms with van der Waals surface area (Å²) in [5, 5.41) is 4.57. The average molecular weight is 236 g/mol. The predicted octanol–water partition coefficient (Wildman–Crippen LogP) is 1.64. The zero-order chi connectivity index (χ0) is 11.4. The van der Waals surface area contributed by atoms with E-state index in [1.165, 1.54) is 16.5 Å². The Morgan fingerprint density at radius 3 is 3.06 bits per heavy atom. The quantitative estimate of drug-likeness (QED) is 0.775. The Morgan fingerprint density at radius 2 is 2.25 bits per heavy atom. The lowest BCUT2D eigenvalue weighted by molar-refractivity contribution is 0.677. The molecule has 0 amide bonds. The second-order valence-electron chi connectivity index (χ2n) is 3.81. The molecule has 0 spiro atoms. The zero-order valence-electron chi connectivity index (χ0n) is 9.32. The predicted molar refractivity (Wildman–Crippen MR) is 68.9 cm³/mol. The summed E-state index contributed by atoms with van der Waals surface area (Å²) in [7, 11) is -0.711. The molecule has 1 unspecified atom stereocenters. The van der Waals surface area contributed by atoms with E-state index in [0.717, 1.165) is 13.1 Å². The molecule has 1 atom stereocenters. The molecule has 0 bridgehead atoms. The minimum absolute atomic E-state index is 0.711. The molecule has 0 aliphatic carbocycles. The van der Waals surface area contributed by atoms with Gasteiger partial charge in [-0.2, -0.15) is 0 Å². The van der Waals surface area contributed by atoms with E-state index in [-0.39, 0.29) is 0 Å². The van der Waals surface area contributed by atoms with Gasteiger partial charge < -0.3 is 10.3 Å². The van der Waals surface area contributed by atoms with E-state index in [4.69, 9.17) is 0 Å². The molecule has 2 N–H and O–H groups in total. The van der Waals surface area contributed by atoms with Gasteiger partial charge in [0, 0.05) is 53.0 Å². The fourth-order valence-corrected chi connectivity index (χ4v) is 2.18. The number of hydrogen-bond acceptors (Lipinski definition) is 2. The van der Waals surface area contributed by atoms with Gasteiger partial charge in [-0.25, -0.2) is 0 Å². The summed E-state index contributed by atoms with van der Waals surface area (Å²) >= 11 is 0. The van der Waals surface area contributed by atoms with Gasteiger partial charge in [-0.05, 0) is 17.7 Å². The highest BCUT2D eigenvalue weighted by Crippen LogP contribution is 2.16. The molecule has 4 heteroatoms. The number of fused-ring (bicyclic) bond motifs is 1. The van der Waals surface area contributed by atoms with Crippen molar-refractivity contribution in [3.05, 3.63) is 36.0 Å². The Bertz CT molecular complexity index is 492. The van der Waals surface area contributed by atoms with Crippen molar-refractivity contribution in [1.82, 2.24) is 10.3 Å². The second kappa shape index (κ2) is 5.27. The smallest absolute Gasteiger partial charge is 0.0457 e. The lowest BCUT2D eigenvalue weighted by Gasteiger charge is -2.05. The zero-order valence-corrected chi connectivity index (χ0v) is 10.1. The van der Waals surface area contributed by atoms with Gasteiger partial charge in [0.25, 0.3) is 0 Å². The monoisotopic (exact) mass is 236 g/mol. The molecule has 1 aromatic carbocycles. The third-order valence-electron chi connectivity index (χ3n) is 2.57. The maximum absolute atomic E-state index is 10.9. The molecule has 0 radical (unpaired) electrons. The lowest BCUT2D eigenvalue weighted by atomic mass is 10.1. The first-order valence-corrected chi connectivity index (χ1v) is 7.06. The largest absolute Gasteiger partial charge is 0.361 e. The number of aromatic nitrogens is 1. The fourth-order valence-electron chi connectivity index (χ4n) is 1.74. The van der Waals surface area contributed by atoms with Crippen LogP contribution in [0, 0.1) is 0 Å². The lowest BCUT2D eigenvalue weighted by Crippen LogP contribution is -2.19. The third-order valence-corrected chi connectivity index (χ3v) is 3.35. The van der Waals surface area contributed by atoms with E-state index in [9.17, 15) is 4.21 Å². The van der Waals surface area contributed by atoms with Crippen molar-refractivity contribution in [2.75, 3.05) is 18.6 Å². The number of benzene rings is 1. The molecule has 1 heterocycles. The number of aromatic amines is 1. The summed E-state index contributed by atoms with van der Waals surface area (Å²) in [4.78, 5) is 3.19. The summed E-state index contributed by atoms with van der Waals surface area (Å²) in [5.74, 6) is 0.711. The van der Waals surface area contributed by atoms with Gasteiger partial charge in [-0.1, -0.05) is 12.1 Å². The molecule has 2 rings (SSSR count). The molecule has 0 aliphatic rings. The van der Waals surface area contributed by atoms with E-state index >= 15 is 0 Å². The molecule has 0 fully saturated rings. The van der Waals surface area contributed by atoms with Crippen LogP contribution in [-0.4, -0.2) is 27.7 Å². The molecule has 0 aliphatic heterocycles. The minimum Gasteiger partial charge on any atom is -0.361 e. The highest BCUT2D eigenvalue weighted by Gasteiger charge is 2.00. The number of H-pyrrole nitrogens is 1.